The number of aromatic nitrogens is 2. The van der Waals surface area contributed by atoms with Crippen LogP contribution in [0, 0.1) is 11.3 Å². The van der Waals surface area contributed by atoms with Crippen molar-refractivity contribution in [2.45, 2.75) is 59.4 Å². The molecule has 166 valence electrons. The Morgan fingerprint density at radius 2 is 1.81 bits per heavy atom. The van der Waals surface area contributed by atoms with E-state index in [1.165, 1.54) is 29.7 Å². The van der Waals surface area contributed by atoms with E-state index in [9.17, 15) is 0 Å². The minimum Gasteiger partial charge on any atom is -0.330 e. The first-order chi connectivity index (χ1) is 15.7. The molecular weight excluding hydrogens is 392 g/mol. The molecule has 3 rings (SSSR count). The van der Waals surface area contributed by atoms with Crippen molar-refractivity contribution in [3.8, 4) is 6.07 Å². The standard InChI is InChI=1S/C14H15N3.C14H19N/c1-2-3-14-9-16-11-17(14)10-13-6-4-12(8-15)5-7-13;1-3-5-9-12-15-14(4-2)13-10-7-6-8-11-13/h4-7,9,11H,2-3,10H2,1H3;4,6-8,10-12H,3,5,9H2,1-2H3/b;14-4-,15-12?. The molecule has 3 aromatic rings. The van der Waals surface area contributed by atoms with Gasteiger partial charge in [0.15, 0.2) is 0 Å². The second-order valence-corrected chi connectivity index (χ2v) is 7.57. The molecule has 4 nitrogen and oxygen atoms in total. The second kappa shape index (κ2) is 14.5. The molecule has 1 heterocycles. The Hall–Kier alpha value is -3.45. The van der Waals surface area contributed by atoms with Crippen molar-refractivity contribution in [1.29, 1.82) is 5.26 Å². The van der Waals surface area contributed by atoms with Crippen molar-refractivity contribution in [2.75, 3.05) is 0 Å². The van der Waals surface area contributed by atoms with Crippen molar-refractivity contribution in [3.05, 3.63) is 95.6 Å². The van der Waals surface area contributed by atoms with Crippen LogP contribution in [0.4, 0.5) is 0 Å². The van der Waals surface area contributed by atoms with Crippen molar-refractivity contribution in [2.24, 2.45) is 4.99 Å². The van der Waals surface area contributed by atoms with Crippen LogP contribution in [0.2, 0.25) is 0 Å². The first kappa shape index (κ1) is 24.8. The molecule has 0 radical (unpaired) electrons. The van der Waals surface area contributed by atoms with Crippen molar-refractivity contribution < 1.29 is 0 Å². The van der Waals surface area contributed by atoms with E-state index in [2.05, 4.69) is 52.7 Å². The number of nitrogens with zero attached hydrogens (tertiary/aromatic N) is 4. The lowest BCUT2D eigenvalue weighted by molar-refractivity contribution is 0.723. The predicted molar refractivity (Wildman–Crippen MR) is 135 cm³/mol. The van der Waals surface area contributed by atoms with Gasteiger partial charge in [0.05, 0.1) is 23.7 Å². The largest absolute Gasteiger partial charge is 0.330 e. The zero-order chi connectivity index (χ0) is 23.0. The molecule has 0 spiro atoms. The molecule has 4 heteroatoms. The van der Waals surface area contributed by atoms with Crippen LogP contribution < -0.4 is 0 Å². The maximum atomic E-state index is 8.73. The molecule has 0 unspecified atom stereocenters. The molecule has 2 aromatic carbocycles. The Balaban J connectivity index is 0.000000229. The monoisotopic (exact) mass is 426 g/mol. The van der Waals surface area contributed by atoms with Gasteiger partial charge in [-0.25, -0.2) is 4.98 Å². The average Bonchev–Trinajstić information content (AvgIpc) is 3.27. The molecule has 0 atom stereocenters. The van der Waals surface area contributed by atoms with E-state index >= 15 is 0 Å². The molecule has 0 fully saturated rings. The van der Waals surface area contributed by atoms with Gasteiger partial charge in [0.25, 0.3) is 0 Å². The van der Waals surface area contributed by atoms with Gasteiger partial charge in [0.1, 0.15) is 0 Å². The number of hydrogen-bond acceptors (Lipinski definition) is 3. The predicted octanol–water partition coefficient (Wildman–Crippen LogP) is 7.06. The summed E-state index contributed by atoms with van der Waals surface area (Å²) in [6.07, 6.45) is 13.5. The zero-order valence-corrected chi connectivity index (χ0v) is 19.5. The molecule has 0 saturated carbocycles. The lowest BCUT2D eigenvalue weighted by Gasteiger charge is -2.07. The number of nitriles is 1. The maximum absolute atomic E-state index is 8.73. The fourth-order valence-electron chi connectivity index (χ4n) is 3.22. The van der Waals surface area contributed by atoms with Gasteiger partial charge in [-0.3, -0.25) is 4.99 Å². The summed E-state index contributed by atoms with van der Waals surface area (Å²) in [7, 11) is 0. The third-order valence-electron chi connectivity index (χ3n) is 5.00. The molecular formula is C28H34N4. The molecule has 0 amide bonds. The van der Waals surface area contributed by atoms with Gasteiger partial charge in [-0.2, -0.15) is 5.26 Å². The summed E-state index contributed by atoms with van der Waals surface area (Å²) >= 11 is 0. The second-order valence-electron chi connectivity index (χ2n) is 7.57. The number of unbranched alkanes of at least 4 members (excludes halogenated alkanes) is 2. The molecule has 0 bridgehead atoms. The van der Waals surface area contributed by atoms with Gasteiger partial charge >= 0.3 is 0 Å². The normalized spacial score (nSPS) is 11.1. The number of aryl methyl sites for hydroxylation is 1. The molecule has 1 aromatic heterocycles. The first-order valence-electron chi connectivity index (χ1n) is 11.4. The number of benzene rings is 2. The Morgan fingerprint density at radius 3 is 2.44 bits per heavy atom. The number of rotatable bonds is 9. The van der Waals surface area contributed by atoms with Crippen LogP contribution in [0.1, 0.15) is 68.8 Å². The van der Waals surface area contributed by atoms with Gasteiger partial charge in [0, 0.05) is 24.7 Å². The molecule has 0 N–H and O–H groups in total. The summed E-state index contributed by atoms with van der Waals surface area (Å²) in [6.45, 7) is 7.21. The van der Waals surface area contributed by atoms with Crippen LogP contribution in [0.3, 0.4) is 0 Å². The topological polar surface area (TPSA) is 54.0 Å². The first-order valence-corrected chi connectivity index (χ1v) is 11.4. The van der Waals surface area contributed by atoms with E-state index in [1.807, 2.05) is 68.1 Å². The Bertz CT molecular complexity index is 1010. The fourth-order valence-corrected chi connectivity index (χ4v) is 3.22. The van der Waals surface area contributed by atoms with Crippen LogP contribution in [-0.2, 0) is 13.0 Å². The molecule has 0 aliphatic heterocycles. The third-order valence-corrected chi connectivity index (χ3v) is 5.00. The van der Waals surface area contributed by atoms with Crippen LogP contribution in [0.25, 0.3) is 5.70 Å². The third kappa shape index (κ3) is 8.35. The van der Waals surface area contributed by atoms with Gasteiger partial charge in [-0.15, -0.1) is 0 Å². The quantitative estimate of drug-likeness (QED) is 0.271. The summed E-state index contributed by atoms with van der Waals surface area (Å²) in [4.78, 5) is 8.67. The van der Waals surface area contributed by atoms with Crippen LogP contribution in [0.5, 0.6) is 0 Å². The van der Waals surface area contributed by atoms with Crippen LogP contribution >= 0.6 is 0 Å². The molecule has 0 aliphatic carbocycles. The average molecular weight is 427 g/mol. The van der Waals surface area contributed by atoms with E-state index in [0.29, 0.717) is 5.56 Å². The number of aliphatic imine (C=N–C) groups is 1. The van der Waals surface area contributed by atoms with Gasteiger partial charge in [-0.1, -0.05) is 75.2 Å². The number of hydrogen-bond donors (Lipinski definition) is 0. The van der Waals surface area contributed by atoms with E-state index in [1.54, 1.807) is 0 Å². The smallest absolute Gasteiger partial charge is 0.0991 e. The Kier molecular flexibility index (Phi) is 11.3. The van der Waals surface area contributed by atoms with Crippen molar-refractivity contribution >= 4 is 11.9 Å². The fraction of sp³-hybridized carbons (Fsp3) is 0.321. The highest BCUT2D eigenvalue weighted by molar-refractivity contribution is 5.73. The van der Waals surface area contributed by atoms with E-state index in [0.717, 1.165) is 31.5 Å². The van der Waals surface area contributed by atoms with Gasteiger partial charge in [0.2, 0.25) is 0 Å². The molecule has 32 heavy (non-hydrogen) atoms. The highest BCUT2D eigenvalue weighted by Gasteiger charge is 2.02. The van der Waals surface area contributed by atoms with Crippen LogP contribution in [-0.4, -0.2) is 15.8 Å². The summed E-state index contributed by atoms with van der Waals surface area (Å²) in [5.41, 5.74) is 5.41. The summed E-state index contributed by atoms with van der Waals surface area (Å²) in [6, 6.07) is 20.1. The lowest BCUT2D eigenvalue weighted by atomic mass is 10.1. The van der Waals surface area contributed by atoms with Gasteiger partial charge < -0.3 is 4.57 Å². The summed E-state index contributed by atoms with van der Waals surface area (Å²) in [5, 5.41) is 8.73. The van der Waals surface area contributed by atoms with E-state index in [-0.39, 0.29) is 0 Å². The number of imidazole rings is 1. The SMILES string of the molecule is C/C=C(\N=CCCCC)c1ccccc1.CCCc1cncn1Cc1ccc(C#N)cc1. The van der Waals surface area contributed by atoms with Crippen molar-refractivity contribution in [3.63, 3.8) is 0 Å². The van der Waals surface area contributed by atoms with Gasteiger partial charge in [-0.05, 0) is 49.4 Å². The zero-order valence-electron chi connectivity index (χ0n) is 19.5. The molecule has 0 aliphatic rings. The number of allylic oxidation sites excluding steroid dienone is 1. The van der Waals surface area contributed by atoms with Crippen molar-refractivity contribution in [1.82, 2.24) is 9.55 Å². The highest BCUT2D eigenvalue weighted by atomic mass is 15.0. The minimum atomic E-state index is 0.702. The molecule has 0 saturated heterocycles. The van der Waals surface area contributed by atoms with E-state index < -0.39 is 0 Å². The minimum absolute atomic E-state index is 0.702. The Labute approximate surface area is 193 Å². The van der Waals surface area contributed by atoms with Crippen LogP contribution in [0.15, 0.2) is 78.2 Å². The van der Waals surface area contributed by atoms with E-state index in [4.69, 9.17) is 5.26 Å². The summed E-state index contributed by atoms with van der Waals surface area (Å²) < 4.78 is 2.16. The highest BCUT2D eigenvalue weighted by Crippen LogP contribution is 2.14. The maximum Gasteiger partial charge on any atom is 0.0991 e. The lowest BCUT2D eigenvalue weighted by Crippen LogP contribution is -2.02. The summed E-state index contributed by atoms with van der Waals surface area (Å²) in [5.74, 6) is 0. The Morgan fingerprint density at radius 1 is 1.06 bits per heavy atom.